The molecule has 0 atom stereocenters. The van der Waals surface area contributed by atoms with Crippen molar-refractivity contribution >= 4 is 5.78 Å². The first kappa shape index (κ1) is 10.4. The Hall–Kier alpha value is -1.69. The summed E-state index contributed by atoms with van der Waals surface area (Å²) < 4.78 is 25.4. The molecule has 0 N–H and O–H groups in total. The van der Waals surface area contributed by atoms with Gasteiger partial charge in [-0.2, -0.15) is 0 Å². The zero-order chi connectivity index (χ0) is 10.6. The van der Waals surface area contributed by atoms with Crippen molar-refractivity contribution in [2.75, 3.05) is 0 Å². The van der Waals surface area contributed by atoms with E-state index in [2.05, 4.69) is 5.92 Å². The molecule has 0 aliphatic rings. The van der Waals surface area contributed by atoms with Gasteiger partial charge in [0.05, 0.1) is 0 Å². The molecule has 0 spiro atoms. The van der Waals surface area contributed by atoms with Gasteiger partial charge < -0.3 is 0 Å². The molecular weight excluding hydrogens is 186 g/mol. The van der Waals surface area contributed by atoms with Crippen molar-refractivity contribution < 1.29 is 13.6 Å². The van der Waals surface area contributed by atoms with Crippen molar-refractivity contribution in [1.29, 1.82) is 0 Å². The van der Waals surface area contributed by atoms with Crippen LogP contribution in [0.3, 0.4) is 0 Å². The molecule has 0 heterocycles. The number of terminal acetylenes is 1. The summed E-state index contributed by atoms with van der Waals surface area (Å²) in [5.74, 6) is 0.432. The number of carbonyl (C=O) groups is 1. The summed E-state index contributed by atoms with van der Waals surface area (Å²) in [5.41, 5.74) is 0.0257. The third kappa shape index (κ3) is 2.67. The number of Topliss-reactive ketones (excluding diaryl/α,β-unsaturated/α-hetero) is 1. The molecule has 1 aromatic carbocycles. The van der Waals surface area contributed by atoms with Crippen LogP contribution in [-0.4, -0.2) is 5.78 Å². The lowest BCUT2D eigenvalue weighted by molar-refractivity contribution is 0.0983. The summed E-state index contributed by atoms with van der Waals surface area (Å²) in [4.78, 5) is 11.3. The van der Waals surface area contributed by atoms with Crippen LogP contribution >= 0.6 is 0 Å². The van der Waals surface area contributed by atoms with E-state index in [4.69, 9.17) is 6.42 Å². The molecule has 0 aliphatic heterocycles. The van der Waals surface area contributed by atoms with Crippen LogP contribution in [0.4, 0.5) is 8.78 Å². The molecule has 1 rings (SSSR count). The lowest BCUT2D eigenvalue weighted by Crippen LogP contribution is -1.99. The molecule has 0 amide bonds. The Labute approximate surface area is 80.7 Å². The van der Waals surface area contributed by atoms with Gasteiger partial charge in [-0.1, -0.05) is 0 Å². The van der Waals surface area contributed by atoms with E-state index in [9.17, 15) is 13.6 Å². The Kier molecular flexibility index (Phi) is 3.35. The topological polar surface area (TPSA) is 17.1 Å². The van der Waals surface area contributed by atoms with E-state index in [0.29, 0.717) is 0 Å². The second-order valence-corrected chi connectivity index (χ2v) is 2.79. The van der Waals surface area contributed by atoms with E-state index < -0.39 is 11.6 Å². The summed E-state index contributed by atoms with van der Waals surface area (Å²) in [6.07, 6.45) is 5.35. The van der Waals surface area contributed by atoms with Crippen LogP contribution in [-0.2, 0) is 0 Å². The van der Waals surface area contributed by atoms with Gasteiger partial charge in [-0.25, -0.2) is 8.78 Å². The first-order chi connectivity index (χ1) is 6.63. The highest BCUT2D eigenvalue weighted by molar-refractivity contribution is 5.96. The fourth-order valence-corrected chi connectivity index (χ4v) is 1.04. The normalized spacial score (nSPS) is 9.50. The van der Waals surface area contributed by atoms with Crippen molar-refractivity contribution in [1.82, 2.24) is 0 Å². The first-order valence-electron chi connectivity index (χ1n) is 4.06. The predicted octanol–water partition coefficient (Wildman–Crippen LogP) is 2.56. The number of hydrogen-bond donors (Lipinski definition) is 0. The van der Waals surface area contributed by atoms with E-state index in [-0.39, 0.29) is 24.2 Å². The zero-order valence-electron chi connectivity index (χ0n) is 7.39. The number of benzene rings is 1. The summed E-state index contributed by atoms with van der Waals surface area (Å²) >= 11 is 0. The summed E-state index contributed by atoms with van der Waals surface area (Å²) in [6, 6.07) is 2.72. The van der Waals surface area contributed by atoms with E-state index in [1.807, 2.05) is 0 Å². The molecule has 0 aliphatic carbocycles. The number of carbonyl (C=O) groups excluding carboxylic acids is 1. The molecule has 1 aromatic rings. The standard InChI is InChI=1S/C11H8F2O/c1-2-3-4-11(14)8-5-9(12)7-10(13)6-8/h1,5-7H,3-4H2. The van der Waals surface area contributed by atoms with Gasteiger partial charge in [0.25, 0.3) is 0 Å². The van der Waals surface area contributed by atoms with Gasteiger partial charge in [-0.05, 0) is 12.1 Å². The van der Waals surface area contributed by atoms with Crippen molar-refractivity contribution in [3.63, 3.8) is 0 Å². The molecule has 0 radical (unpaired) electrons. The Balaban J connectivity index is 2.85. The maximum absolute atomic E-state index is 12.7. The smallest absolute Gasteiger partial charge is 0.164 e. The van der Waals surface area contributed by atoms with Crippen molar-refractivity contribution in [2.45, 2.75) is 12.8 Å². The molecule has 3 heteroatoms. The van der Waals surface area contributed by atoms with Gasteiger partial charge in [0.15, 0.2) is 5.78 Å². The third-order valence-corrected chi connectivity index (χ3v) is 1.68. The lowest BCUT2D eigenvalue weighted by atomic mass is 10.1. The molecule has 0 unspecified atom stereocenters. The van der Waals surface area contributed by atoms with E-state index >= 15 is 0 Å². The molecule has 14 heavy (non-hydrogen) atoms. The predicted molar refractivity (Wildman–Crippen MR) is 48.8 cm³/mol. The minimum atomic E-state index is -0.756. The van der Waals surface area contributed by atoms with Gasteiger partial charge in [0.1, 0.15) is 11.6 Å². The van der Waals surface area contributed by atoms with E-state index in [1.54, 1.807) is 0 Å². The van der Waals surface area contributed by atoms with Crippen LogP contribution in [0.5, 0.6) is 0 Å². The van der Waals surface area contributed by atoms with Gasteiger partial charge in [-0.3, -0.25) is 4.79 Å². The second kappa shape index (κ2) is 4.52. The highest BCUT2D eigenvalue weighted by Crippen LogP contribution is 2.10. The minimum Gasteiger partial charge on any atom is -0.294 e. The molecular formula is C11H8F2O. The average molecular weight is 194 g/mol. The maximum Gasteiger partial charge on any atom is 0.164 e. The van der Waals surface area contributed by atoms with Gasteiger partial charge in [0.2, 0.25) is 0 Å². The second-order valence-electron chi connectivity index (χ2n) is 2.79. The Bertz CT molecular complexity index is 371. The molecule has 72 valence electrons. The van der Waals surface area contributed by atoms with Crippen LogP contribution in [0.25, 0.3) is 0 Å². The van der Waals surface area contributed by atoms with Crippen LogP contribution in [0.15, 0.2) is 18.2 Å². The van der Waals surface area contributed by atoms with Crippen LogP contribution in [0.1, 0.15) is 23.2 Å². The Morgan fingerprint density at radius 3 is 2.36 bits per heavy atom. The van der Waals surface area contributed by atoms with Crippen LogP contribution in [0.2, 0.25) is 0 Å². The maximum atomic E-state index is 12.7. The Morgan fingerprint density at radius 1 is 1.29 bits per heavy atom. The Morgan fingerprint density at radius 2 is 1.86 bits per heavy atom. The molecule has 0 saturated carbocycles. The van der Waals surface area contributed by atoms with Gasteiger partial charge in [-0.15, -0.1) is 12.3 Å². The fraction of sp³-hybridized carbons (Fsp3) is 0.182. The number of halogens is 2. The number of rotatable bonds is 3. The third-order valence-electron chi connectivity index (χ3n) is 1.68. The summed E-state index contributed by atoms with van der Waals surface area (Å²) in [6.45, 7) is 0. The average Bonchev–Trinajstić information content (AvgIpc) is 2.12. The molecule has 0 bridgehead atoms. The highest BCUT2D eigenvalue weighted by Gasteiger charge is 2.08. The van der Waals surface area contributed by atoms with Crippen LogP contribution in [0, 0.1) is 24.0 Å². The summed E-state index contributed by atoms with van der Waals surface area (Å²) in [7, 11) is 0. The highest BCUT2D eigenvalue weighted by atomic mass is 19.1. The van der Waals surface area contributed by atoms with Crippen LogP contribution < -0.4 is 0 Å². The molecule has 0 fully saturated rings. The molecule has 0 aromatic heterocycles. The van der Waals surface area contributed by atoms with E-state index in [1.165, 1.54) is 0 Å². The largest absolute Gasteiger partial charge is 0.294 e. The van der Waals surface area contributed by atoms with Crippen molar-refractivity contribution in [2.24, 2.45) is 0 Å². The molecule has 0 saturated heterocycles. The van der Waals surface area contributed by atoms with E-state index in [0.717, 1.165) is 18.2 Å². The summed E-state index contributed by atoms with van der Waals surface area (Å²) in [5, 5.41) is 0. The zero-order valence-corrected chi connectivity index (χ0v) is 7.39. The minimum absolute atomic E-state index is 0.0257. The quantitative estimate of drug-likeness (QED) is 0.533. The fourth-order valence-electron chi connectivity index (χ4n) is 1.04. The van der Waals surface area contributed by atoms with Crippen molar-refractivity contribution in [3.8, 4) is 12.3 Å². The van der Waals surface area contributed by atoms with Gasteiger partial charge >= 0.3 is 0 Å². The SMILES string of the molecule is C#CCCC(=O)c1cc(F)cc(F)c1. The lowest BCUT2D eigenvalue weighted by Gasteiger charge is -1.99. The number of ketones is 1. The number of hydrogen-bond acceptors (Lipinski definition) is 1. The molecule has 1 nitrogen and oxygen atoms in total. The van der Waals surface area contributed by atoms with Gasteiger partial charge in [0, 0.05) is 24.5 Å². The van der Waals surface area contributed by atoms with Crippen molar-refractivity contribution in [3.05, 3.63) is 35.4 Å². The monoisotopic (exact) mass is 194 g/mol. The first-order valence-corrected chi connectivity index (χ1v) is 4.06.